The number of hydrogen-bond donors (Lipinski definition) is 3. The monoisotopic (exact) mass is 483 g/mol. The summed E-state index contributed by atoms with van der Waals surface area (Å²) in [5, 5.41) is 20.7. The fourth-order valence-corrected chi connectivity index (χ4v) is 5.77. The van der Waals surface area contributed by atoms with E-state index in [0.29, 0.717) is 51.3 Å². The number of sulfonamides is 1. The maximum Gasteiger partial charge on any atom is 0.320 e. The van der Waals surface area contributed by atoms with E-state index < -0.39 is 34.3 Å². The molecular weight excluding hydrogens is 450 g/mol. The van der Waals surface area contributed by atoms with Crippen molar-refractivity contribution in [1.29, 1.82) is 0 Å². The van der Waals surface area contributed by atoms with Crippen LogP contribution < -0.4 is 4.72 Å². The van der Waals surface area contributed by atoms with Gasteiger partial charge in [-0.25, -0.2) is 13.1 Å². The zero-order valence-corrected chi connectivity index (χ0v) is 19.5. The van der Waals surface area contributed by atoms with Crippen molar-refractivity contribution in [2.24, 2.45) is 0 Å². The van der Waals surface area contributed by atoms with Gasteiger partial charge in [0.25, 0.3) is 0 Å². The van der Waals surface area contributed by atoms with Gasteiger partial charge in [-0.1, -0.05) is 36.8 Å². The molecule has 1 aromatic rings. The topological polar surface area (TPSA) is 136 Å². The number of piperidine rings is 1. The third-order valence-electron chi connectivity index (χ3n) is 6.09. The minimum atomic E-state index is -3.86. The summed E-state index contributed by atoms with van der Waals surface area (Å²) in [5.41, 5.74) is 0.587. The van der Waals surface area contributed by atoms with Gasteiger partial charge in [-0.15, -0.1) is 0 Å². The van der Waals surface area contributed by atoms with Crippen molar-refractivity contribution in [3.8, 4) is 0 Å². The Hall–Kier alpha value is -2.05. The van der Waals surface area contributed by atoms with Gasteiger partial charge < -0.3 is 19.8 Å². The van der Waals surface area contributed by atoms with Crippen molar-refractivity contribution < 1.29 is 33.0 Å². The van der Waals surface area contributed by atoms with Crippen LogP contribution in [-0.4, -0.2) is 91.5 Å². The standard InChI is InChI=1S/C22H33N3O7S/c26-20(24-12-14-32-15-13-24)10-9-18(21(27)25-11-5-4-8-19(25)22(28)29)23-33(30,31)16-17-6-2-1-3-7-17/h1-3,6-7,18-19,21,23,27H,4-5,8-16H2,(H,28,29)/t18-,19?,21?/m1/s1. The van der Waals surface area contributed by atoms with Crippen molar-refractivity contribution in [3.63, 3.8) is 0 Å². The van der Waals surface area contributed by atoms with Crippen molar-refractivity contribution in [1.82, 2.24) is 14.5 Å². The third kappa shape index (κ3) is 7.47. The smallest absolute Gasteiger partial charge is 0.320 e. The van der Waals surface area contributed by atoms with Gasteiger partial charge >= 0.3 is 5.97 Å². The van der Waals surface area contributed by atoms with Gasteiger partial charge in [0, 0.05) is 26.1 Å². The number of rotatable bonds is 10. The molecule has 2 unspecified atom stereocenters. The van der Waals surface area contributed by atoms with Gasteiger partial charge in [0.05, 0.1) is 25.0 Å². The predicted molar refractivity (Wildman–Crippen MR) is 121 cm³/mol. The van der Waals surface area contributed by atoms with Crippen LogP contribution >= 0.6 is 0 Å². The molecular formula is C22H33N3O7S. The Morgan fingerprint density at radius 2 is 1.82 bits per heavy atom. The molecule has 0 radical (unpaired) electrons. The van der Waals surface area contributed by atoms with Crippen molar-refractivity contribution in [3.05, 3.63) is 35.9 Å². The minimum Gasteiger partial charge on any atom is -0.480 e. The first-order valence-corrected chi connectivity index (χ1v) is 13.0. The molecule has 0 saturated carbocycles. The first-order chi connectivity index (χ1) is 15.8. The maximum absolute atomic E-state index is 12.9. The SMILES string of the molecule is O=C(O)C1CCCCN1C(O)[C@@H](CCC(=O)N1CCOCC1)NS(=O)(=O)Cc1ccccc1. The summed E-state index contributed by atoms with van der Waals surface area (Å²) >= 11 is 0. The summed E-state index contributed by atoms with van der Waals surface area (Å²) in [6.45, 7) is 2.19. The molecule has 0 aliphatic carbocycles. The largest absolute Gasteiger partial charge is 0.480 e. The van der Waals surface area contributed by atoms with Crippen LogP contribution in [0.3, 0.4) is 0 Å². The maximum atomic E-state index is 12.9. The number of carbonyl (C=O) groups is 2. The Bertz CT molecular complexity index is 891. The quantitative estimate of drug-likeness (QED) is 0.434. The fraction of sp³-hybridized carbons (Fsp3) is 0.636. The van der Waals surface area contributed by atoms with Gasteiger partial charge in [-0.05, 0) is 24.8 Å². The average Bonchev–Trinajstić information content (AvgIpc) is 2.82. The normalized spacial score (nSPS) is 22.0. The molecule has 33 heavy (non-hydrogen) atoms. The number of aliphatic hydroxyl groups is 1. The second-order valence-corrected chi connectivity index (χ2v) is 10.3. The lowest BCUT2D eigenvalue weighted by molar-refractivity contribution is -0.152. The number of amides is 1. The Kier molecular flexibility index (Phi) is 9.21. The van der Waals surface area contributed by atoms with E-state index in [1.807, 2.05) is 0 Å². The average molecular weight is 484 g/mol. The molecule has 2 aliphatic heterocycles. The van der Waals surface area contributed by atoms with Crippen molar-refractivity contribution in [2.45, 2.75) is 56.2 Å². The number of likely N-dealkylation sites (tertiary alicyclic amines) is 1. The Balaban J connectivity index is 1.74. The second kappa shape index (κ2) is 11.9. The number of aliphatic carboxylic acids is 1. The van der Waals surface area contributed by atoms with Gasteiger partial charge in [-0.2, -0.15) is 0 Å². The molecule has 0 bridgehead atoms. The van der Waals surface area contributed by atoms with E-state index in [2.05, 4.69) is 4.72 Å². The number of carbonyl (C=O) groups excluding carboxylic acids is 1. The summed E-state index contributed by atoms with van der Waals surface area (Å²) in [7, 11) is -3.86. The Morgan fingerprint density at radius 3 is 2.48 bits per heavy atom. The number of ether oxygens (including phenoxy) is 1. The first kappa shape index (κ1) is 25.6. The summed E-state index contributed by atoms with van der Waals surface area (Å²) in [6, 6.07) is 6.73. The van der Waals surface area contributed by atoms with Crippen LogP contribution in [0, 0.1) is 0 Å². The van der Waals surface area contributed by atoms with E-state index in [4.69, 9.17) is 4.74 Å². The lowest BCUT2D eigenvalue weighted by Crippen LogP contribution is -2.58. The van der Waals surface area contributed by atoms with Gasteiger partial charge in [0.1, 0.15) is 12.3 Å². The van der Waals surface area contributed by atoms with Crippen molar-refractivity contribution >= 4 is 21.9 Å². The molecule has 10 nitrogen and oxygen atoms in total. The van der Waals surface area contributed by atoms with E-state index in [1.165, 1.54) is 4.90 Å². The highest BCUT2D eigenvalue weighted by atomic mass is 32.2. The summed E-state index contributed by atoms with van der Waals surface area (Å²) in [6.07, 6.45) is 0.518. The number of aliphatic hydroxyl groups excluding tert-OH is 1. The molecule has 0 spiro atoms. The number of nitrogens with one attached hydrogen (secondary N) is 1. The highest BCUT2D eigenvalue weighted by Gasteiger charge is 2.38. The van der Waals surface area contributed by atoms with E-state index >= 15 is 0 Å². The van der Waals surface area contributed by atoms with Gasteiger partial charge in [-0.3, -0.25) is 14.5 Å². The molecule has 3 atom stereocenters. The number of nitrogens with zero attached hydrogens (tertiary/aromatic N) is 2. The van der Waals surface area contributed by atoms with Crippen LogP contribution in [0.15, 0.2) is 30.3 Å². The Morgan fingerprint density at radius 1 is 1.12 bits per heavy atom. The van der Waals surface area contributed by atoms with Crippen molar-refractivity contribution in [2.75, 3.05) is 32.8 Å². The van der Waals surface area contributed by atoms with Crippen LogP contribution in [-0.2, 0) is 30.1 Å². The van der Waals surface area contributed by atoms with Gasteiger partial charge in [0.15, 0.2) is 0 Å². The second-order valence-electron chi connectivity index (χ2n) is 8.50. The molecule has 3 rings (SSSR count). The summed E-state index contributed by atoms with van der Waals surface area (Å²) in [5.74, 6) is -1.48. The molecule has 0 aromatic heterocycles. The highest BCUT2D eigenvalue weighted by Crippen LogP contribution is 2.23. The van der Waals surface area contributed by atoms with E-state index in [1.54, 1.807) is 35.2 Å². The highest BCUT2D eigenvalue weighted by molar-refractivity contribution is 7.88. The van der Waals surface area contributed by atoms with E-state index in [0.717, 1.165) is 6.42 Å². The number of carboxylic acid groups (broad SMARTS) is 1. The Labute approximate surface area is 194 Å². The zero-order chi connectivity index (χ0) is 23.8. The zero-order valence-electron chi connectivity index (χ0n) is 18.6. The number of hydrogen-bond acceptors (Lipinski definition) is 7. The molecule has 1 amide bonds. The predicted octanol–water partition coefficient (Wildman–Crippen LogP) is 0.371. The molecule has 11 heteroatoms. The molecule has 1 aromatic carbocycles. The molecule has 2 aliphatic rings. The number of morpholine rings is 1. The third-order valence-corrected chi connectivity index (χ3v) is 7.47. The van der Waals surface area contributed by atoms with Crippen LogP contribution in [0.5, 0.6) is 0 Å². The molecule has 184 valence electrons. The number of carboxylic acids is 1. The van der Waals surface area contributed by atoms with Crippen LogP contribution in [0.2, 0.25) is 0 Å². The van der Waals surface area contributed by atoms with E-state index in [-0.39, 0.29) is 24.5 Å². The number of benzene rings is 1. The molecule has 2 saturated heterocycles. The minimum absolute atomic E-state index is 0.0289. The lowest BCUT2D eigenvalue weighted by Gasteiger charge is -2.40. The van der Waals surface area contributed by atoms with Gasteiger partial charge in [0.2, 0.25) is 15.9 Å². The fourth-order valence-electron chi connectivity index (χ4n) is 4.35. The lowest BCUT2D eigenvalue weighted by atomic mass is 9.99. The molecule has 3 N–H and O–H groups in total. The molecule has 2 heterocycles. The van der Waals surface area contributed by atoms with Crippen LogP contribution in [0.25, 0.3) is 0 Å². The van der Waals surface area contributed by atoms with Crippen LogP contribution in [0.1, 0.15) is 37.7 Å². The first-order valence-electron chi connectivity index (χ1n) is 11.3. The summed E-state index contributed by atoms with van der Waals surface area (Å²) in [4.78, 5) is 27.5. The van der Waals surface area contributed by atoms with E-state index in [9.17, 15) is 28.2 Å². The van der Waals surface area contributed by atoms with Crippen LogP contribution in [0.4, 0.5) is 0 Å². The molecule has 2 fully saturated rings. The summed E-state index contributed by atoms with van der Waals surface area (Å²) < 4.78 is 33.6.